The van der Waals surface area contributed by atoms with Crippen LogP contribution in [-0.4, -0.2) is 14.9 Å². The van der Waals surface area contributed by atoms with Crippen molar-refractivity contribution in [3.8, 4) is 0 Å². The lowest BCUT2D eigenvalue weighted by atomic mass is 10.3. The van der Waals surface area contributed by atoms with Gasteiger partial charge in [0.2, 0.25) is 0 Å². The zero-order chi connectivity index (χ0) is 13.0. The molecule has 0 unspecified atom stereocenters. The number of ketones is 1. The Morgan fingerprint density at radius 3 is 1.67 bits per heavy atom. The molecule has 0 bridgehead atoms. The van der Waals surface area contributed by atoms with Crippen molar-refractivity contribution in [1.82, 2.24) is 9.13 Å². The second-order valence-electron chi connectivity index (χ2n) is 3.87. The highest BCUT2D eigenvalue weighted by Crippen LogP contribution is 1.88. The number of hydrogen-bond donors (Lipinski definition) is 0. The molecular formula is C13H12N2O3. The van der Waals surface area contributed by atoms with E-state index in [-0.39, 0.29) is 30.0 Å². The molecular weight excluding hydrogens is 232 g/mol. The molecule has 0 N–H and O–H groups in total. The van der Waals surface area contributed by atoms with Crippen molar-refractivity contribution in [3.63, 3.8) is 0 Å². The molecule has 2 heterocycles. The van der Waals surface area contributed by atoms with Crippen LogP contribution >= 0.6 is 0 Å². The largest absolute Gasteiger partial charge is 0.308 e. The van der Waals surface area contributed by atoms with Gasteiger partial charge in [-0.05, 0) is 12.1 Å². The molecule has 0 aliphatic rings. The molecule has 2 aromatic heterocycles. The van der Waals surface area contributed by atoms with Gasteiger partial charge in [-0.3, -0.25) is 14.4 Å². The Bertz CT molecular complexity index is 612. The van der Waals surface area contributed by atoms with Crippen LogP contribution in [0.25, 0.3) is 0 Å². The normalized spacial score (nSPS) is 10.2. The van der Waals surface area contributed by atoms with Crippen LogP contribution < -0.4 is 11.1 Å². The van der Waals surface area contributed by atoms with Gasteiger partial charge in [-0.1, -0.05) is 12.1 Å². The fourth-order valence-corrected chi connectivity index (χ4v) is 1.61. The summed E-state index contributed by atoms with van der Waals surface area (Å²) >= 11 is 0. The second kappa shape index (κ2) is 5.27. The van der Waals surface area contributed by atoms with E-state index in [1.165, 1.54) is 21.3 Å². The molecule has 0 fully saturated rings. The highest BCUT2D eigenvalue weighted by molar-refractivity contribution is 5.77. The van der Waals surface area contributed by atoms with Crippen LogP contribution in [0, 0.1) is 0 Å². The molecule has 2 aromatic rings. The first-order chi connectivity index (χ1) is 8.66. The highest BCUT2D eigenvalue weighted by atomic mass is 16.1. The third-order valence-electron chi connectivity index (χ3n) is 2.49. The summed E-state index contributed by atoms with van der Waals surface area (Å²) in [5.74, 6) is -0.198. The third kappa shape index (κ3) is 2.82. The molecule has 0 saturated carbocycles. The maximum absolute atomic E-state index is 11.8. The van der Waals surface area contributed by atoms with Gasteiger partial charge in [-0.2, -0.15) is 0 Å². The Balaban J connectivity index is 2.11. The first-order valence-corrected chi connectivity index (χ1v) is 5.49. The predicted octanol–water partition coefficient (Wildman–Crippen LogP) is 0.279. The van der Waals surface area contributed by atoms with Crippen LogP contribution in [0.2, 0.25) is 0 Å². The Kier molecular flexibility index (Phi) is 3.52. The van der Waals surface area contributed by atoms with E-state index in [1.807, 2.05) is 0 Å². The van der Waals surface area contributed by atoms with Gasteiger partial charge in [0.05, 0.1) is 13.1 Å². The molecule has 5 heteroatoms. The van der Waals surface area contributed by atoms with E-state index in [0.717, 1.165) is 0 Å². The summed E-state index contributed by atoms with van der Waals surface area (Å²) in [4.78, 5) is 34.6. The van der Waals surface area contributed by atoms with E-state index in [9.17, 15) is 14.4 Å². The summed E-state index contributed by atoms with van der Waals surface area (Å²) < 4.78 is 2.63. The van der Waals surface area contributed by atoms with Gasteiger partial charge in [0.1, 0.15) is 0 Å². The summed E-state index contributed by atoms with van der Waals surface area (Å²) in [5.41, 5.74) is -0.461. The fraction of sp³-hybridized carbons (Fsp3) is 0.154. The Hall–Kier alpha value is -2.43. The van der Waals surface area contributed by atoms with Gasteiger partial charge >= 0.3 is 0 Å². The Morgan fingerprint density at radius 1 is 0.833 bits per heavy atom. The zero-order valence-corrected chi connectivity index (χ0v) is 9.65. The van der Waals surface area contributed by atoms with Crippen LogP contribution in [0.5, 0.6) is 0 Å². The molecule has 0 aliphatic heterocycles. The lowest BCUT2D eigenvalue weighted by Crippen LogP contribution is -2.28. The van der Waals surface area contributed by atoms with E-state index < -0.39 is 0 Å². The zero-order valence-electron chi connectivity index (χ0n) is 9.65. The summed E-state index contributed by atoms with van der Waals surface area (Å²) in [7, 11) is 0. The maximum atomic E-state index is 11.8. The predicted molar refractivity (Wildman–Crippen MR) is 66.4 cm³/mol. The van der Waals surface area contributed by atoms with Gasteiger partial charge in [-0.15, -0.1) is 0 Å². The van der Waals surface area contributed by atoms with E-state index in [2.05, 4.69) is 0 Å². The van der Waals surface area contributed by atoms with E-state index in [1.54, 1.807) is 36.7 Å². The molecule has 5 nitrogen and oxygen atoms in total. The van der Waals surface area contributed by atoms with Crippen LogP contribution in [0.4, 0.5) is 0 Å². The number of hydrogen-bond acceptors (Lipinski definition) is 3. The first-order valence-electron chi connectivity index (χ1n) is 5.49. The molecule has 0 atom stereocenters. The number of aromatic nitrogens is 2. The average molecular weight is 244 g/mol. The van der Waals surface area contributed by atoms with E-state index in [0.29, 0.717) is 0 Å². The molecule has 0 radical (unpaired) electrons. The summed E-state index contributed by atoms with van der Waals surface area (Å²) in [6.45, 7) is -0.0536. The topological polar surface area (TPSA) is 61.1 Å². The average Bonchev–Trinajstić information content (AvgIpc) is 2.35. The summed E-state index contributed by atoms with van der Waals surface area (Å²) in [6.07, 6.45) is 3.10. The summed E-state index contributed by atoms with van der Waals surface area (Å²) in [6, 6.07) is 9.38. The monoisotopic (exact) mass is 244 g/mol. The van der Waals surface area contributed by atoms with Crippen LogP contribution in [-0.2, 0) is 17.9 Å². The van der Waals surface area contributed by atoms with Crippen molar-refractivity contribution in [2.75, 3.05) is 0 Å². The molecule has 0 spiro atoms. The maximum Gasteiger partial charge on any atom is 0.250 e. The number of Topliss-reactive ketones (excluding diaryl/α,β-unsaturated/α-hetero) is 1. The van der Waals surface area contributed by atoms with E-state index in [4.69, 9.17) is 0 Å². The van der Waals surface area contributed by atoms with Gasteiger partial charge in [0.25, 0.3) is 11.1 Å². The van der Waals surface area contributed by atoms with Crippen molar-refractivity contribution in [1.29, 1.82) is 0 Å². The minimum Gasteiger partial charge on any atom is -0.308 e. The Morgan fingerprint density at radius 2 is 1.28 bits per heavy atom. The Labute approximate surface area is 103 Å². The van der Waals surface area contributed by atoms with Crippen molar-refractivity contribution >= 4 is 5.78 Å². The number of nitrogens with zero attached hydrogens (tertiary/aromatic N) is 2. The third-order valence-corrected chi connectivity index (χ3v) is 2.49. The lowest BCUT2D eigenvalue weighted by Gasteiger charge is -2.06. The molecule has 18 heavy (non-hydrogen) atoms. The van der Waals surface area contributed by atoms with Crippen molar-refractivity contribution < 1.29 is 4.79 Å². The van der Waals surface area contributed by atoms with Crippen molar-refractivity contribution in [3.05, 3.63) is 69.5 Å². The number of carbonyl (C=O) groups excluding carboxylic acids is 1. The summed E-state index contributed by atoms with van der Waals surface area (Å²) in [5, 5.41) is 0. The van der Waals surface area contributed by atoms with E-state index >= 15 is 0 Å². The molecule has 0 aliphatic carbocycles. The molecule has 92 valence electrons. The SMILES string of the molecule is O=C(Cn1ccccc1=O)Cn1ccccc1=O. The van der Waals surface area contributed by atoms with Crippen LogP contribution in [0.1, 0.15) is 0 Å². The quantitative estimate of drug-likeness (QED) is 0.776. The van der Waals surface area contributed by atoms with Gasteiger partial charge < -0.3 is 9.13 Å². The standard InChI is InChI=1S/C13H12N2O3/c16-11(9-14-7-3-1-5-12(14)17)10-15-8-4-2-6-13(15)18/h1-8H,9-10H2. The number of carbonyl (C=O) groups is 1. The minimum atomic E-state index is -0.230. The van der Waals surface area contributed by atoms with Crippen molar-refractivity contribution in [2.45, 2.75) is 13.1 Å². The first kappa shape index (κ1) is 12.0. The van der Waals surface area contributed by atoms with Gasteiger partial charge in [0, 0.05) is 24.5 Å². The molecule has 0 amide bonds. The van der Waals surface area contributed by atoms with Gasteiger partial charge in [-0.25, -0.2) is 0 Å². The molecule has 0 saturated heterocycles. The lowest BCUT2D eigenvalue weighted by molar-refractivity contribution is -0.120. The second-order valence-corrected chi connectivity index (χ2v) is 3.87. The number of pyridine rings is 2. The van der Waals surface area contributed by atoms with Crippen LogP contribution in [0.15, 0.2) is 58.4 Å². The van der Waals surface area contributed by atoms with Gasteiger partial charge in [0.15, 0.2) is 5.78 Å². The van der Waals surface area contributed by atoms with Crippen molar-refractivity contribution in [2.24, 2.45) is 0 Å². The highest BCUT2D eigenvalue weighted by Gasteiger charge is 2.05. The minimum absolute atomic E-state index is 0.0268. The molecule has 2 rings (SSSR count). The van der Waals surface area contributed by atoms with Crippen LogP contribution in [0.3, 0.4) is 0 Å². The smallest absolute Gasteiger partial charge is 0.250 e. The molecule has 0 aromatic carbocycles. The number of rotatable bonds is 4. The fourth-order valence-electron chi connectivity index (χ4n) is 1.61.